The highest BCUT2D eigenvalue weighted by Gasteiger charge is 2.14. The van der Waals surface area contributed by atoms with Gasteiger partial charge in [-0.25, -0.2) is 0 Å². The lowest BCUT2D eigenvalue weighted by molar-refractivity contribution is 0.0942. The maximum absolute atomic E-state index is 11.8. The molecule has 3 N–H and O–H groups in total. The lowest BCUT2D eigenvalue weighted by Gasteiger charge is -2.07. The van der Waals surface area contributed by atoms with Crippen molar-refractivity contribution in [1.82, 2.24) is 5.32 Å². The van der Waals surface area contributed by atoms with E-state index in [9.17, 15) is 9.90 Å². The summed E-state index contributed by atoms with van der Waals surface area (Å²) in [5.74, 6) is -1.69. The van der Waals surface area contributed by atoms with E-state index in [0.717, 1.165) is 0 Å². The average molecular weight is 299 g/mol. The van der Waals surface area contributed by atoms with Crippen LogP contribution in [0.3, 0.4) is 0 Å². The third kappa shape index (κ3) is 3.09. The fourth-order valence-electron chi connectivity index (χ4n) is 0.891. The van der Waals surface area contributed by atoms with E-state index < -0.39 is 24.7 Å². The van der Waals surface area contributed by atoms with E-state index >= 15 is 0 Å². The van der Waals surface area contributed by atoms with Gasteiger partial charge in [0.1, 0.15) is 5.75 Å². The molecule has 1 rings (SSSR count). The van der Waals surface area contributed by atoms with Gasteiger partial charge < -0.3 is 15.5 Å². The molecule has 0 saturated heterocycles. The van der Waals surface area contributed by atoms with E-state index in [1.807, 2.05) is 0 Å². The van der Waals surface area contributed by atoms with Gasteiger partial charge >= 0.3 is 0 Å². The number of aromatic hydroxyl groups is 1. The molecule has 82 valence electrons. The fraction of sp³-hybridized carbons (Fsp3) is 0.222. The molecular weight excluding hydrogens is 285 g/mol. The first kappa shape index (κ1) is 7.49. The molecule has 0 saturated carbocycles. The second-order valence-electron chi connectivity index (χ2n) is 2.47. The number of amides is 1. The van der Waals surface area contributed by atoms with E-state index in [1.54, 1.807) is 5.32 Å². The Bertz CT molecular complexity index is 521. The van der Waals surface area contributed by atoms with Crippen LogP contribution in [-0.4, -0.2) is 29.2 Å². The van der Waals surface area contributed by atoms with Crippen LogP contribution in [0.5, 0.6) is 5.75 Å². The number of carbonyl (C=O) groups is 1. The van der Waals surface area contributed by atoms with Crippen molar-refractivity contribution in [2.24, 2.45) is 0 Å². The van der Waals surface area contributed by atoms with Gasteiger partial charge in [-0.15, -0.1) is 0 Å². The van der Waals surface area contributed by atoms with Crippen LogP contribution in [0.2, 0.25) is 5.02 Å². The zero-order valence-corrected chi connectivity index (χ0v) is 9.56. The summed E-state index contributed by atoms with van der Waals surface area (Å²) in [6, 6.07) is 2.51. The molecule has 0 bridgehead atoms. The average Bonchev–Trinajstić information content (AvgIpc) is 2.20. The van der Waals surface area contributed by atoms with E-state index in [2.05, 4.69) is 15.9 Å². The van der Waals surface area contributed by atoms with Crippen molar-refractivity contribution in [2.75, 3.05) is 13.1 Å². The summed E-state index contributed by atoms with van der Waals surface area (Å²) in [4.78, 5) is 11.8. The van der Waals surface area contributed by atoms with Crippen molar-refractivity contribution in [2.45, 2.75) is 0 Å². The smallest absolute Gasteiger partial charge is 0.255 e. The van der Waals surface area contributed by atoms with Crippen molar-refractivity contribution >= 4 is 33.4 Å². The molecular formula is C9H9BrClNO3. The standard InChI is InChI=1S/C9H9BrClNO3/c10-5-3-6(8(14)7(11)4-5)9(15)12-1-2-13/h3-4,13-14H,1-2H2,(H,12,15)/i1D2,2D2. The zero-order chi connectivity index (χ0) is 15.0. The van der Waals surface area contributed by atoms with Crippen LogP contribution in [0.25, 0.3) is 0 Å². The lowest BCUT2D eigenvalue weighted by atomic mass is 10.2. The summed E-state index contributed by atoms with van der Waals surface area (Å²) < 4.78 is 28.5. The van der Waals surface area contributed by atoms with Gasteiger partial charge in [0.05, 0.1) is 22.6 Å². The van der Waals surface area contributed by atoms with Crippen molar-refractivity contribution in [3.05, 3.63) is 27.2 Å². The topological polar surface area (TPSA) is 69.6 Å². The number of carbonyl (C=O) groups excluding carboxylic acids is 1. The quantitative estimate of drug-likeness (QED) is 0.792. The molecule has 0 aliphatic rings. The van der Waals surface area contributed by atoms with Crippen LogP contribution in [0.4, 0.5) is 0 Å². The summed E-state index contributed by atoms with van der Waals surface area (Å²) in [7, 11) is 0. The number of phenolic OH excluding ortho intramolecular Hbond substituents is 1. The number of benzene rings is 1. The van der Waals surface area contributed by atoms with Gasteiger partial charge in [0, 0.05) is 11.0 Å². The first-order chi connectivity index (χ1) is 8.45. The number of hydrogen-bond donors (Lipinski definition) is 3. The highest BCUT2D eigenvalue weighted by atomic mass is 79.9. The SMILES string of the molecule is [2H]C([2H])(O)C([2H])([2H])NC(=O)c1cc(Br)cc(Cl)c1O. The molecule has 0 atom stereocenters. The number of halogens is 2. The summed E-state index contributed by atoms with van der Waals surface area (Å²) in [5.41, 5.74) is -0.354. The molecule has 0 radical (unpaired) electrons. The van der Waals surface area contributed by atoms with Gasteiger partial charge in [0.25, 0.3) is 5.91 Å². The number of nitrogens with one attached hydrogen (secondary N) is 1. The summed E-state index contributed by atoms with van der Waals surface area (Å²) in [6.07, 6.45) is 0. The van der Waals surface area contributed by atoms with Crippen molar-refractivity contribution in [1.29, 1.82) is 0 Å². The van der Waals surface area contributed by atoms with Crippen LogP contribution in [0.15, 0.2) is 16.6 Å². The Morgan fingerprint density at radius 1 is 1.67 bits per heavy atom. The number of rotatable bonds is 3. The molecule has 0 spiro atoms. The Morgan fingerprint density at radius 3 is 2.93 bits per heavy atom. The third-order valence-corrected chi connectivity index (χ3v) is 2.25. The Morgan fingerprint density at radius 2 is 2.33 bits per heavy atom. The summed E-state index contributed by atoms with van der Waals surface area (Å²) in [5, 5.41) is 20.1. The largest absolute Gasteiger partial charge is 0.506 e. The predicted molar refractivity (Wildman–Crippen MR) is 60.2 cm³/mol. The number of hydrogen-bond acceptors (Lipinski definition) is 3. The first-order valence-corrected chi connectivity index (χ1v) is 4.85. The van der Waals surface area contributed by atoms with Crippen molar-refractivity contribution < 1.29 is 20.5 Å². The van der Waals surface area contributed by atoms with E-state index in [0.29, 0.717) is 4.47 Å². The first-order valence-electron chi connectivity index (χ1n) is 5.68. The molecule has 15 heavy (non-hydrogen) atoms. The van der Waals surface area contributed by atoms with Gasteiger partial charge in [-0.1, -0.05) is 27.5 Å². The fourth-order valence-corrected chi connectivity index (χ4v) is 1.70. The molecule has 4 nitrogen and oxygen atoms in total. The Balaban J connectivity index is 3.10. The minimum atomic E-state index is -3.28. The predicted octanol–water partition coefficient (Wildman–Crippen LogP) is 1.53. The number of aliphatic hydroxyl groups is 1. The van der Waals surface area contributed by atoms with E-state index in [1.165, 1.54) is 12.1 Å². The highest BCUT2D eigenvalue weighted by Crippen LogP contribution is 2.31. The maximum atomic E-state index is 11.8. The minimum absolute atomic E-state index is 0.132. The zero-order valence-electron chi connectivity index (χ0n) is 11.2. The monoisotopic (exact) mass is 297 g/mol. The van der Waals surface area contributed by atoms with Crippen LogP contribution >= 0.6 is 27.5 Å². The Labute approximate surface area is 106 Å². The van der Waals surface area contributed by atoms with Crippen LogP contribution in [-0.2, 0) is 0 Å². The lowest BCUT2D eigenvalue weighted by Crippen LogP contribution is -2.26. The van der Waals surface area contributed by atoms with Gasteiger partial charge in [0.15, 0.2) is 0 Å². The molecule has 0 aliphatic heterocycles. The molecule has 0 unspecified atom stereocenters. The molecule has 1 aromatic carbocycles. The molecule has 6 heteroatoms. The molecule has 0 aliphatic carbocycles. The van der Waals surface area contributed by atoms with E-state index in [-0.39, 0.29) is 10.6 Å². The van der Waals surface area contributed by atoms with Gasteiger partial charge in [-0.2, -0.15) is 0 Å². The Hall–Kier alpha value is -0.780. The molecule has 0 aromatic heterocycles. The molecule has 0 fully saturated rings. The van der Waals surface area contributed by atoms with Gasteiger partial charge in [-0.3, -0.25) is 4.79 Å². The van der Waals surface area contributed by atoms with Crippen molar-refractivity contribution in [3.63, 3.8) is 0 Å². The molecule has 1 aromatic rings. The second-order valence-corrected chi connectivity index (χ2v) is 3.80. The van der Waals surface area contributed by atoms with Gasteiger partial charge in [0.2, 0.25) is 0 Å². The Kier molecular flexibility index (Phi) is 2.67. The van der Waals surface area contributed by atoms with Crippen LogP contribution in [0.1, 0.15) is 15.8 Å². The van der Waals surface area contributed by atoms with Crippen LogP contribution in [0, 0.1) is 0 Å². The van der Waals surface area contributed by atoms with Crippen molar-refractivity contribution in [3.8, 4) is 5.75 Å². The molecule has 1 amide bonds. The van der Waals surface area contributed by atoms with Crippen LogP contribution < -0.4 is 5.32 Å². The molecule has 0 heterocycles. The minimum Gasteiger partial charge on any atom is -0.506 e. The van der Waals surface area contributed by atoms with E-state index in [4.69, 9.17) is 22.2 Å². The highest BCUT2D eigenvalue weighted by molar-refractivity contribution is 9.10. The number of phenols is 1. The van der Waals surface area contributed by atoms with Gasteiger partial charge in [-0.05, 0) is 12.1 Å². The third-order valence-electron chi connectivity index (χ3n) is 1.50. The second kappa shape index (κ2) is 5.34. The normalized spacial score (nSPS) is 15.9. The summed E-state index contributed by atoms with van der Waals surface area (Å²) in [6.45, 7) is -6.32. The summed E-state index contributed by atoms with van der Waals surface area (Å²) >= 11 is 8.69. The maximum Gasteiger partial charge on any atom is 0.255 e.